The lowest BCUT2D eigenvalue weighted by molar-refractivity contribution is -0.411. The molecule has 6 nitrogen and oxygen atoms in total. The predicted octanol–water partition coefficient (Wildman–Crippen LogP) is 3.30. The molecule has 8 heteroatoms. The molecule has 0 atom stereocenters. The summed E-state index contributed by atoms with van der Waals surface area (Å²) in [6.45, 7) is 0. The van der Waals surface area contributed by atoms with Crippen molar-refractivity contribution >= 4 is 27.1 Å². The minimum absolute atomic E-state index is 0.143. The van der Waals surface area contributed by atoms with Gasteiger partial charge in [0.15, 0.2) is 0 Å². The van der Waals surface area contributed by atoms with Crippen molar-refractivity contribution < 1.29 is 13.3 Å². The van der Waals surface area contributed by atoms with Crippen molar-refractivity contribution in [3.05, 3.63) is 81.0 Å². The average Bonchev–Trinajstić information content (AvgIpc) is 2.50. The van der Waals surface area contributed by atoms with Gasteiger partial charge in [-0.25, -0.2) is 8.42 Å². The van der Waals surface area contributed by atoms with Gasteiger partial charge >= 0.3 is 5.03 Å². The van der Waals surface area contributed by atoms with Crippen molar-refractivity contribution in [1.29, 1.82) is 0 Å². The summed E-state index contributed by atoms with van der Waals surface area (Å²) >= 11 is 5.73. The van der Waals surface area contributed by atoms with Crippen LogP contribution >= 0.6 is 11.6 Å². The highest BCUT2D eigenvalue weighted by Gasteiger charge is 2.31. The Morgan fingerprint density at radius 1 is 1.09 bits per heavy atom. The van der Waals surface area contributed by atoms with Crippen LogP contribution in [0.15, 0.2) is 70.7 Å². The first-order valence-electron chi connectivity index (χ1n) is 6.08. The summed E-state index contributed by atoms with van der Waals surface area (Å²) in [5.74, 6) is 0. The smallest absolute Gasteiger partial charge is 0.355 e. The van der Waals surface area contributed by atoms with E-state index in [1.807, 2.05) is 0 Å². The summed E-state index contributed by atoms with van der Waals surface area (Å²) in [6.07, 6.45) is 0.853. The molecular formula is C14H11ClN2O4S. The number of nitro groups is 1. The standard InChI is InChI=1S/C14H11ClN2O4S/c15-11-6-8-12(9-7-11)16-10-14(17(18)19)22(20,21)13-4-2-1-3-5-13/h1-10,16H/b14-10+. The summed E-state index contributed by atoms with van der Waals surface area (Å²) in [4.78, 5) is 10.0. The van der Waals surface area contributed by atoms with Gasteiger partial charge in [0.2, 0.25) is 0 Å². The van der Waals surface area contributed by atoms with Gasteiger partial charge < -0.3 is 5.32 Å². The van der Waals surface area contributed by atoms with Crippen molar-refractivity contribution in [3.8, 4) is 0 Å². The molecule has 0 spiro atoms. The Kier molecular flexibility index (Phi) is 4.79. The third-order valence-electron chi connectivity index (χ3n) is 2.72. The SMILES string of the molecule is O=[N+]([O-])/C(=C\Nc1ccc(Cl)cc1)S(=O)(=O)c1ccccc1. The van der Waals surface area contributed by atoms with Crippen LogP contribution in [0.4, 0.5) is 5.69 Å². The normalized spacial score (nSPS) is 12.0. The van der Waals surface area contributed by atoms with Gasteiger partial charge in [0.1, 0.15) is 0 Å². The van der Waals surface area contributed by atoms with E-state index in [-0.39, 0.29) is 4.90 Å². The first-order valence-corrected chi connectivity index (χ1v) is 7.94. The monoisotopic (exact) mass is 338 g/mol. The van der Waals surface area contributed by atoms with Crippen LogP contribution in [0.1, 0.15) is 0 Å². The number of benzene rings is 2. The summed E-state index contributed by atoms with van der Waals surface area (Å²) in [5.41, 5.74) is 0.479. The van der Waals surface area contributed by atoms with Crippen LogP contribution in [0.2, 0.25) is 5.02 Å². The number of hydrogen-bond acceptors (Lipinski definition) is 5. The van der Waals surface area contributed by atoms with E-state index >= 15 is 0 Å². The fourth-order valence-corrected chi connectivity index (χ4v) is 2.93. The number of sulfone groups is 1. The largest absolute Gasteiger partial charge is 0.379 e. The fraction of sp³-hybridized carbons (Fsp3) is 0. The van der Waals surface area contributed by atoms with E-state index in [2.05, 4.69) is 5.32 Å². The van der Waals surface area contributed by atoms with Crippen LogP contribution in [0.25, 0.3) is 0 Å². The summed E-state index contributed by atoms with van der Waals surface area (Å²) in [6, 6.07) is 13.5. The molecule has 114 valence electrons. The van der Waals surface area contributed by atoms with Crippen molar-refractivity contribution in [2.45, 2.75) is 4.90 Å². The molecule has 0 saturated heterocycles. The zero-order chi connectivity index (χ0) is 16.2. The minimum atomic E-state index is -4.21. The lowest BCUT2D eigenvalue weighted by Crippen LogP contribution is -2.14. The zero-order valence-corrected chi connectivity index (χ0v) is 12.7. The molecule has 0 aliphatic rings. The lowest BCUT2D eigenvalue weighted by atomic mass is 10.3. The number of halogens is 1. The zero-order valence-electron chi connectivity index (χ0n) is 11.1. The second kappa shape index (κ2) is 6.59. The molecule has 2 aromatic rings. The molecule has 1 N–H and O–H groups in total. The van der Waals surface area contributed by atoms with Crippen LogP contribution in [0.5, 0.6) is 0 Å². The number of rotatable bonds is 5. The Labute approximate surface area is 132 Å². The van der Waals surface area contributed by atoms with Crippen LogP contribution in [0, 0.1) is 10.1 Å². The molecular weight excluding hydrogens is 328 g/mol. The quantitative estimate of drug-likeness (QED) is 0.667. The molecule has 2 aromatic carbocycles. The van der Waals surface area contributed by atoms with E-state index in [1.54, 1.807) is 30.3 Å². The number of nitrogens with one attached hydrogen (secondary N) is 1. The first-order chi connectivity index (χ1) is 10.4. The summed E-state index contributed by atoms with van der Waals surface area (Å²) < 4.78 is 24.6. The highest BCUT2D eigenvalue weighted by Crippen LogP contribution is 2.20. The molecule has 0 aromatic heterocycles. The van der Waals surface area contributed by atoms with E-state index < -0.39 is 19.8 Å². The second-order valence-corrected chi connectivity index (χ2v) is 6.54. The molecule has 0 fully saturated rings. The maximum absolute atomic E-state index is 12.3. The van der Waals surface area contributed by atoms with Crippen molar-refractivity contribution in [3.63, 3.8) is 0 Å². The van der Waals surface area contributed by atoms with Crippen LogP contribution in [-0.2, 0) is 9.84 Å². The molecule has 0 aliphatic heterocycles. The van der Waals surface area contributed by atoms with Crippen LogP contribution < -0.4 is 5.32 Å². The number of nitrogens with zero attached hydrogens (tertiary/aromatic N) is 1. The lowest BCUT2D eigenvalue weighted by Gasteiger charge is -2.04. The third kappa shape index (κ3) is 3.63. The van der Waals surface area contributed by atoms with E-state index in [1.165, 1.54) is 24.3 Å². The van der Waals surface area contributed by atoms with Gasteiger partial charge in [-0.1, -0.05) is 29.8 Å². The molecule has 0 radical (unpaired) electrons. The maximum Gasteiger partial charge on any atom is 0.379 e. The van der Waals surface area contributed by atoms with E-state index in [4.69, 9.17) is 11.6 Å². The Balaban J connectivity index is 2.36. The summed E-state index contributed by atoms with van der Waals surface area (Å²) in [7, 11) is -4.21. The average molecular weight is 339 g/mol. The number of anilines is 1. The molecule has 22 heavy (non-hydrogen) atoms. The molecule has 0 heterocycles. The van der Waals surface area contributed by atoms with Gasteiger partial charge in [-0.2, -0.15) is 0 Å². The van der Waals surface area contributed by atoms with Crippen LogP contribution in [-0.4, -0.2) is 13.3 Å². The predicted molar refractivity (Wildman–Crippen MR) is 83.8 cm³/mol. The van der Waals surface area contributed by atoms with E-state index in [0.29, 0.717) is 10.7 Å². The maximum atomic E-state index is 12.3. The van der Waals surface area contributed by atoms with Crippen molar-refractivity contribution in [1.82, 2.24) is 0 Å². The Morgan fingerprint density at radius 2 is 1.68 bits per heavy atom. The van der Waals surface area contributed by atoms with Gasteiger partial charge in [0.25, 0.3) is 9.84 Å². The molecule has 0 saturated carbocycles. The number of hydrogen-bond donors (Lipinski definition) is 1. The first kappa shape index (κ1) is 16.0. The van der Waals surface area contributed by atoms with Crippen LogP contribution in [0.3, 0.4) is 0 Å². The molecule has 0 aliphatic carbocycles. The Morgan fingerprint density at radius 3 is 2.23 bits per heavy atom. The van der Waals surface area contributed by atoms with E-state index in [0.717, 1.165) is 6.20 Å². The van der Waals surface area contributed by atoms with Gasteiger partial charge in [-0.3, -0.25) is 10.1 Å². The third-order valence-corrected chi connectivity index (χ3v) is 4.68. The second-order valence-electron chi connectivity index (χ2n) is 4.21. The summed E-state index contributed by atoms with van der Waals surface area (Å²) in [5, 5.41) is 13.2. The molecule has 0 amide bonds. The van der Waals surface area contributed by atoms with Gasteiger partial charge in [0, 0.05) is 10.7 Å². The van der Waals surface area contributed by atoms with Gasteiger partial charge in [-0.05, 0) is 36.4 Å². The van der Waals surface area contributed by atoms with Crippen molar-refractivity contribution in [2.24, 2.45) is 0 Å². The highest BCUT2D eigenvalue weighted by molar-refractivity contribution is 7.95. The Bertz CT molecular complexity index is 802. The van der Waals surface area contributed by atoms with Gasteiger partial charge in [-0.15, -0.1) is 0 Å². The molecule has 0 unspecified atom stereocenters. The minimum Gasteiger partial charge on any atom is -0.355 e. The molecule has 2 rings (SSSR count). The van der Waals surface area contributed by atoms with Crippen molar-refractivity contribution in [2.75, 3.05) is 5.32 Å². The van der Waals surface area contributed by atoms with Gasteiger partial charge in [0.05, 0.1) is 16.0 Å². The molecule has 0 bridgehead atoms. The highest BCUT2D eigenvalue weighted by atomic mass is 35.5. The Hall–Kier alpha value is -2.38. The van der Waals surface area contributed by atoms with E-state index in [9.17, 15) is 18.5 Å². The fourth-order valence-electron chi connectivity index (χ4n) is 1.64. The topological polar surface area (TPSA) is 89.3 Å².